The van der Waals surface area contributed by atoms with Crippen LogP contribution in [-0.2, 0) is 6.42 Å². The predicted molar refractivity (Wildman–Crippen MR) is 82.1 cm³/mol. The number of rotatable bonds is 4. The Kier molecular flexibility index (Phi) is 4.06. The molecule has 0 aliphatic heterocycles. The summed E-state index contributed by atoms with van der Waals surface area (Å²) in [5, 5.41) is 0.310. The zero-order chi connectivity index (χ0) is 15.5. The van der Waals surface area contributed by atoms with Gasteiger partial charge in [-0.25, -0.2) is 13.8 Å². The molecular formula is C17H11F2NOS. The Balaban J connectivity index is 2.01. The van der Waals surface area contributed by atoms with Gasteiger partial charge in [0, 0.05) is 16.9 Å². The van der Waals surface area contributed by atoms with Gasteiger partial charge in [-0.3, -0.25) is 4.79 Å². The summed E-state index contributed by atoms with van der Waals surface area (Å²) < 4.78 is 27.1. The van der Waals surface area contributed by atoms with E-state index < -0.39 is 11.6 Å². The minimum Gasteiger partial charge on any atom is -0.296 e. The maximum atomic E-state index is 13.8. The van der Waals surface area contributed by atoms with Crippen LogP contribution in [0.25, 0.3) is 10.6 Å². The van der Waals surface area contributed by atoms with E-state index >= 15 is 0 Å². The first-order chi connectivity index (χ1) is 10.7. The Morgan fingerprint density at radius 1 is 1.09 bits per heavy atom. The smallest absolute Gasteiger partial charge is 0.169 e. The molecule has 0 aliphatic rings. The Morgan fingerprint density at radius 3 is 2.59 bits per heavy atom. The van der Waals surface area contributed by atoms with E-state index in [1.54, 1.807) is 0 Å². The van der Waals surface area contributed by atoms with Gasteiger partial charge in [-0.15, -0.1) is 11.3 Å². The SMILES string of the molecule is O=Cc1nc(-c2cc(F)ccc2F)sc1Cc1ccccc1. The summed E-state index contributed by atoms with van der Waals surface area (Å²) in [7, 11) is 0. The molecule has 5 heteroatoms. The first kappa shape index (κ1) is 14.5. The van der Waals surface area contributed by atoms with Gasteiger partial charge >= 0.3 is 0 Å². The van der Waals surface area contributed by atoms with Gasteiger partial charge < -0.3 is 0 Å². The van der Waals surface area contributed by atoms with Crippen molar-refractivity contribution in [1.82, 2.24) is 4.98 Å². The number of hydrogen-bond acceptors (Lipinski definition) is 3. The minimum atomic E-state index is -0.557. The van der Waals surface area contributed by atoms with Gasteiger partial charge in [-0.05, 0) is 23.8 Å². The Labute approximate surface area is 130 Å². The lowest BCUT2D eigenvalue weighted by molar-refractivity contribution is 0.111. The predicted octanol–water partition coefficient (Wildman–Crippen LogP) is 4.49. The molecule has 1 heterocycles. The first-order valence-electron chi connectivity index (χ1n) is 6.61. The number of aldehydes is 1. The molecule has 1 aromatic heterocycles. The van der Waals surface area contributed by atoms with Crippen molar-refractivity contribution >= 4 is 17.6 Å². The number of carbonyl (C=O) groups excluding carboxylic acids is 1. The fourth-order valence-corrected chi connectivity index (χ4v) is 3.22. The zero-order valence-electron chi connectivity index (χ0n) is 11.4. The summed E-state index contributed by atoms with van der Waals surface area (Å²) in [6.45, 7) is 0. The molecule has 0 radical (unpaired) electrons. The summed E-state index contributed by atoms with van der Waals surface area (Å²) in [4.78, 5) is 16.1. The molecule has 0 spiro atoms. The summed E-state index contributed by atoms with van der Waals surface area (Å²) in [6, 6.07) is 12.8. The van der Waals surface area contributed by atoms with Crippen LogP contribution < -0.4 is 0 Å². The summed E-state index contributed by atoms with van der Waals surface area (Å²) >= 11 is 1.21. The maximum absolute atomic E-state index is 13.8. The third kappa shape index (κ3) is 2.94. The molecule has 22 heavy (non-hydrogen) atoms. The highest BCUT2D eigenvalue weighted by molar-refractivity contribution is 7.15. The van der Waals surface area contributed by atoms with Gasteiger partial charge in [0.15, 0.2) is 6.29 Å². The number of thiazole rings is 1. The molecule has 0 aliphatic carbocycles. The summed E-state index contributed by atoms with van der Waals surface area (Å²) in [5.41, 5.74) is 1.38. The first-order valence-corrected chi connectivity index (χ1v) is 7.43. The highest BCUT2D eigenvalue weighted by atomic mass is 32.1. The van der Waals surface area contributed by atoms with Crippen LogP contribution in [0.15, 0.2) is 48.5 Å². The second kappa shape index (κ2) is 6.15. The third-order valence-corrected chi connectivity index (χ3v) is 4.31. The minimum absolute atomic E-state index is 0.0763. The van der Waals surface area contributed by atoms with Crippen LogP contribution in [-0.4, -0.2) is 11.3 Å². The van der Waals surface area contributed by atoms with E-state index in [9.17, 15) is 13.6 Å². The van der Waals surface area contributed by atoms with Crippen LogP contribution in [0.4, 0.5) is 8.78 Å². The molecule has 0 saturated heterocycles. The van der Waals surface area contributed by atoms with E-state index in [1.165, 1.54) is 11.3 Å². The highest BCUT2D eigenvalue weighted by Gasteiger charge is 2.16. The van der Waals surface area contributed by atoms with Gasteiger partial charge in [-0.1, -0.05) is 30.3 Å². The average Bonchev–Trinajstić information content (AvgIpc) is 2.93. The Morgan fingerprint density at radius 2 is 1.86 bits per heavy atom. The lowest BCUT2D eigenvalue weighted by Crippen LogP contribution is -1.90. The van der Waals surface area contributed by atoms with Crippen molar-refractivity contribution in [3.8, 4) is 10.6 Å². The van der Waals surface area contributed by atoms with Crippen LogP contribution in [0.2, 0.25) is 0 Å². The Bertz CT molecular complexity index is 815. The van der Waals surface area contributed by atoms with Crippen molar-refractivity contribution in [1.29, 1.82) is 0 Å². The van der Waals surface area contributed by atoms with Crippen molar-refractivity contribution in [2.45, 2.75) is 6.42 Å². The molecule has 0 bridgehead atoms. The standard InChI is InChI=1S/C17H11F2NOS/c18-12-6-7-14(19)13(9-12)17-20-15(10-21)16(22-17)8-11-4-2-1-3-5-11/h1-7,9-10H,8H2. The summed E-state index contributed by atoms with van der Waals surface area (Å²) in [5.74, 6) is -1.09. The van der Waals surface area contributed by atoms with Crippen LogP contribution in [0.1, 0.15) is 20.9 Å². The molecule has 0 saturated carbocycles. The topological polar surface area (TPSA) is 30.0 Å². The Hall–Kier alpha value is -2.40. The molecule has 2 nitrogen and oxygen atoms in total. The second-order valence-corrected chi connectivity index (χ2v) is 5.82. The number of benzene rings is 2. The van der Waals surface area contributed by atoms with Gasteiger partial charge in [0.05, 0.1) is 0 Å². The van der Waals surface area contributed by atoms with Crippen LogP contribution in [0, 0.1) is 11.6 Å². The van der Waals surface area contributed by atoms with Crippen LogP contribution in [0.3, 0.4) is 0 Å². The number of nitrogens with zero attached hydrogens (tertiary/aromatic N) is 1. The van der Waals surface area contributed by atoms with Crippen molar-refractivity contribution in [2.75, 3.05) is 0 Å². The lowest BCUT2D eigenvalue weighted by atomic mass is 10.1. The van der Waals surface area contributed by atoms with Crippen molar-refractivity contribution in [3.05, 3.63) is 76.3 Å². The molecule has 2 aromatic carbocycles. The fraction of sp³-hybridized carbons (Fsp3) is 0.0588. The van der Waals surface area contributed by atoms with E-state index in [0.717, 1.165) is 28.6 Å². The van der Waals surface area contributed by atoms with E-state index in [-0.39, 0.29) is 11.3 Å². The number of hydrogen-bond donors (Lipinski definition) is 0. The molecule has 0 amide bonds. The van der Waals surface area contributed by atoms with Crippen molar-refractivity contribution in [3.63, 3.8) is 0 Å². The second-order valence-electron chi connectivity index (χ2n) is 4.73. The molecule has 0 unspecified atom stereocenters. The molecule has 3 rings (SSSR count). The fourth-order valence-electron chi connectivity index (χ4n) is 2.14. The van der Waals surface area contributed by atoms with Gasteiger partial charge in [0.25, 0.3) is 0 Å². The van der Waals surface area contributed by atoms with Crippen LogP contribution in [0.5, 0.6) is 0 Å². The maximum Gasteiger partial charge on any atom is 0.169 e. The van der Waals surface area contributed by atoms with Crippen molar-refractivity contribution < 1.29 is 13.6 Å². The van der Waals surface area contributed by atoms with Gasteiger partial charge in [0.2, 0.25) is 0 Å². The molecule has 0 fully saturated rings. The highest BCUT2D eigenvalue weighted by Crippen LogP contribution is 2.31. The van der Waals surface area contributed by atoms with E-state index in [1.807, 2.05) is 30.3 Å². The number of halogens is 2. The number of aromatic nitrogens is 1. The molecule has 110 valence electrons. The zero-order valence-corrected chi connectivity index (χ0v) is 12.2. The van der Waals surface area contributed by atoms with Crippen LogP contribution >= 0.6 is 11.3 Å². The number of carbonyl (C=O) groups is 1. The third-order valence-electron chi connectivity index (χ3n) is 3.21. The lowest BCUT2D eigenvalue weighted by Gasteiger charge is -1.99. The molecule has 3 aromatic rings. The van der Waals surface area contributed by atoms with E-state index in [0.29, 0.717) is 17.7 Å². The summed E-state index contributed by atoms with van der Waals surface area (Å²) in [6.07, 6.45) is 1.18. The van der Waals surface area contributed by atoms with E-state index in [4.69, 9.17) is 0 Å². The van der Waals surface area contributed by atoms with Gasteiger partial charge in [-0.2, -0.15) is 0 Å². The molecule has 0 N–H and O–H groups in total. The van der Waals surface area contributed by atoms with Gasteiger partial charge in [0.1, 0.15) is 22.3 Å². The molecular weight excluding hydrogens is 304 g/mol. The monoisotopic (exact) mass is 315 g/mol. The average molecular weight is 315 g/mol. The largest absolute Gasteiger partial charge is 0.296 e. The van der Waals surface area contributed by atoms with E-state index in [2.05, 4.69) is 4.98 Å². The molecule has 0 atom stereocenters. The quantitative estimate of drug-likeness (QED) is 0.664. The normalized spacial score (nSPS) is 10.6. The van der Waals surface area contributed by atoms with Crippen molar-refractivity contribution in [2.24, 2.45) is 0 Å².